The fourth-order valence-electron chi connectivity index (χ4n) is 3.12. The molecule has 7 heteroatoms. The average molecular weight is 396 g/mol. The summed E-state index contributed by atoms with van der Waals surface area (Å²) >= 11 is 0. The summed E-state index contributed by atoms with van der Waals surface area (Å²) in [6.45, 7) is 3.04. The SMILES string of the molecule is CCOc1ccc(CNC(=O)c2ccc(CN3C(=O)CCC3=O)cc2)cc1OC. The molecule has 2 aromatic rings. The van der Waals surface area contributed by atoms with Crippen LogP contribution in [0.2, 0.25) is 0 Å². The van der Waals surface area contributed by atoms with Crippen LogP contribution < -0.4 is 14.8 Å². The molecule has 0 radical (unpaired) electrons. The van der Waals surface area contributed by atoms with E-state index in [0.29, 0.717) is 30.2 Å². The molecule has 0 saturated carbocycles. The van der Waals surface area contributed by atoms with E-state index in [1.807, 2.05) is 25.1 Å². The van der Waals surface area contributed by atoms with Crippen molar-refractivity contribution in [3.63, 3.8) is 0 Å². The Morgan fingerprint density at radius 1 is 1.00 bits per heavy atom. The molecule has 1 heterocycles. The van der Waals surface area contributed by atoms with Crippen molar-refractivity contribution in [2.45, 2.75) is 32.9 Å². The fraction of sp³-hybridized carbons (Fsp3) is 0.318. The molecular formula is C22H24N2O5. The molecule has 3 amide bonds. The first-order valence-electron chi connectivity index (χ1n) is 9.52. The van der Waals surface area contributed by atoms with Gasteiger partial charge in [-0.3, -0.25) is 19.3 Å². The molecule has 29 heavy (non-hydrogen) atoms. The number of nitrogens with one attached hydrogen (secondary N) is 1. The Labute approximate surface area is 169 Å². The number of nitrogens with zero attached hydrogens (tertiary/aromatic N) is 1. The number of benzene rings is 2. The quantitative estimate of drug-likeness (QED) is 0.694. The van der Waals surface area contributed by atoms with Gasteiger partial charge in [0.15, 0.2) is 11.5 Å². The van der Waals surface area contributed by atoms with E-state index >= 15 is 0 Å². The molecule has 152 valence electrons. The van der Waals surface area contributed by atoms with Gasteiger partial charge in [0.2, 0.25) is 11.8 Å². The van der Waals surface area contributed by atoms with E-state index in [0.717, 1.165) is 11.1 Å². The van der Waals surface area contributed by atoms with Crippen LogP contribution >= 0.6 is 0 Å². The summed E-state index contributed by atoms with van der Waals surface area (Å²) < 4.78 is 10.8. The van der Waals surface area contributed by atoms with E-state index in [9.17, 15) is 14.4 Å². The predicted octanol–water partition coefficient (Wildman–Crippen LogP) is 2.67. The molecule has 1 N–H and O–H groups in total. The molecule has 0 bridgehead atoms. The van der Waals surface area contributed by atoms with Crippen molar-refractivity contribution < 1.29 is 23.9 Å². The zero-order valence-corrected chi connectivity index (χ0v) is 16.6. The minimum absolute atomic E-state index is 0.150. The Kier molecular flexibility index (Phi) is 6.49. The number of carbonyl (C=O) groups excluding carboxylic acids is 3. The van der Waals surface area contributed by atoms with Crippen LogP contribution in [0.1, 0.15) is 41.3 Å². The largest absolute Gasteiger partial charge is 0.493 e. The smallest absolute Gasteiger partial charge is 0.251 e. The van der Waals surface area contributed by atoms with Crippen molar-refractivity contribution in [3.8, 4) is 11.5 Å². The van der Waals surface area contributed by atoms with Crippen LogP contribution in [-0.2, 0) is 22.7 Å². The predicted molar refractivity (Wildman–Crippen MR) is 107 cm³/mol. The summed E-state index contributed by atoms with van der Waals surface area (Å²) in [5.74, 6) is 0.771. The van der Waals surface area contributed by atoms with Crippen molar-refractivity contribution in [1.82, 2.24) is 10.2 Å². The Balaban J connectivity index is 1.58. The van der Waals surface area contributed by atoms with Gasteiger partial charge >= 0.3 is 0 Å². The van der Waals surface area contributed by atoms with Crippen LogP contribution in [0.25, 0.3) is 0 Å². The highest BCUT2D eigenvalue weighted by Gasteiger charge is 2.28. The Morgan fingerprint density at radius 2 is 1.66 bits per heavy atom. The first-order valence-corrected chi connectivity index (χ1v) is 9.52. The van der Waals surface area contributed by atoms with Gasteiger partial charge in [-0.25, -0.2) is 0 Å². The summed E-state index contributed by atoms with van der Waals surface area (Å²) in [5.41, 5.74) is 2.20. The van der Waals surface area contributed by atoms with Crippen LogP contribution in [0, 0.1) is 0 Å². The lowest BCUT2D eigenvalue weighted by molar-refractivity contribution is -0.139. The first-order chi connectivity index (χ1) is 14.0. The van der Waals surface area contributed by atoms with Gasteiger partial charge < -0.3 is 14.8 Å². The molecule has 1 aliphatic rings. The number of imide groups is 1. The molecule has 0 aromatic heterocycles. The maximum Gasteiger partial charge on any atom is 0.251 e. The van der Waals surface area contributed by atoms with E-state index in [4.69, 9.17) is 9.47 Å². The van der Waals surface area contributed by atoms with Crippen LogP contribution in [0.15, 0.2) is 42.5 Å². The maximum atomic E-state index is 12.4. The van der Waals surface area contributed by atoms with E-state index in [1.165, 1.54) is 4.90 Å². The molecule has 0 spiro atoms. The maximum absolute atomic E-state index is 12.4. The lowest BCUT2D eigenvalue weighted by Crippen LogP contribution is -2.28. The summed E-state index contributed by atoms with van der Waals surface area (Å²) in [6, 6.07) is 12.4. The number of carbonyl (C=O) groups is 3. The standard InChI is InChI=1S/C22H24N2O5/c1-3-29-18-9-6-16(12-19(18)28-2)13-23-22(27)17-7-4-15(5-8-17)14-24-20(25)10-11-21(24)26/h4-9,12H,3,10-11,13-14H2,1-2H3,(H,23,27). The Morgan fingerprint density at radius 3 is 2.28 bits per heavy atom. The van der Waals surface area contributed by atoms with Gasteiger partial charge in [0.25, 0.3) is 5.91 Å². The topological polar surface area (TPSA) is 84.9 Å². The number of methoxy groups -OCH3 is 1. The number of likely N-dealkylation sites (tertiary alicyclic amines) is 1. The van der Waals surface area contributed by atoms with Crippen LogP contribution in [0.5, 0.6) is 11.5 Å². The normalized spacial score (nSPS) is 13.5. The van der Waals surface area contributed by atoms with E-state index in [1.54, 1.807) is 31.4 Å². The molecule has 1 fully saturated rings. The Hall–Kier alpha value is -3.35. The number of ether oxygens (including phenoxy) is 2. The molecule has 3 rings (SSSR count). The number of hydrogen-bond donors (Lipinski definition) is 1. The molecule has 1 saturated heterocycles. The van der Waals surface area contributed by atoms with Crippen LogP contribution in [-0.4, -0.2) is 36.3 Å². The van der Waals surface area contributed by atoms with Crippen molar-refractivity contribution in [1.29, 1.82) is 0 Å². The first kappa shape index (κ1) is 20.4. The van der Waals surface area contributed by atoms with E-state index in [2.05, 4.69) is 5.32 Å². The van der Waals surface area contributed by atoms with Crippen molar-refractivity contribution in [3.05, 3.63) is 59.2 Å². The summed E-state index contributed by atoms with van der Waals surface area (Å²) in [4.78, 5) is 37.1. The molecule has 0 aliphatic carbocycles. The zero-order chi connectivity index (χ0) is 20.8. The average Bonchev–Trinajstić information content (AvgIpc) is 3.05. The summed E-state index contributed by atoms with van der Waals surface area (Å²) in [6.07, 6.45) is 0.547. The van der Waals surface area contributed by atoms with Crippen molar-refractivity contribution in [2.24, 2.45) is 0 Å². The summed E-state index contributed by atoms with van der Waals surface area (Å²) in [5, 5.41) is 2.87. The lowest BCUT2D eigenvalue weighted by atomic mass is 10.1. The van der Waals surface area contributed by atoms with Gasteiger partial charge in [0.1, 0.15) is 0 Å². The van der Waals surface area contributed by atoms with Gasteiger partial charge in [-0.1, -0.05) is 18.2 Å². The highest BCUT2D eigenvalue weighted by Crippen LogP contribution is 2.28. The Bertz CT molecular complexity index is 892. The molecular weight excluding hydrogens is 372 g/mol. The fourth-order valence-corrected chi connectivity index (χ4v) is 3.12. The van der Waals surface area contributed by atoms with Crippen LogP contribution in [0.4, 0.5) is 0 Å². The highest BCUT2D eigenvalue weighted by molar-refractivity contribution is 6.01. The summed E-state index contributed by atoms with van der Waals surface area (Å²) in [7, 11) is 1.57. The van der Waals surface area contributed by atoms with Crippen molar-refractivity contribution in [2.75, 3.05) is 13.7 Å². The third-order valence-corrected chi connectivity index (χ3v) is 4.69. The van der Waals surface area contributed by atoms with Gasteiger partial charge in [-0.2, -0.15) is 0 Å². The lowest BCUT2D eigenvalue weighted by Gasteiger charge is -2.14. The highest BCUT2D eigenvalue weighted by atomic mass is 16.5. The van der Waals surface area contributed by atoms with E-state index < -0.39 is 0 Å². The van der Waals surface area contributed by atoms with Gasteiger partial charge in [-0.15, -0.1) is 0 Å². The van der Waals surface area contributed by atoms with Gasteiger partial charge in [-0.05, 0) is 42.3 Å². The van der Waals surface area contributed by atoms with Gasteiger partial charge in [0, 0.05) is 24.9 Å². The molecule has 1 aliphatic heterocycles. The minimum atomic E-state index is -0.210. The number of hydrogen-bond acceptors (Lipinski definition) is 5. The second kappa shape index (κ2) is 9.23. The second-order valence-electron chi connectivity index (χ2n) is 6.67. The number of amides is 3. The van der Waals surface area contributed by atoms with E-state index in [-0.39, 0.29) is 37.1 Å². The third-order valence-electron chi connectivity index (χ3n) is 4.69. The zero-order valence-electron chi connectivity index (χ0n) is 16.6. The molecule has 0 atom stereocenters. The third kappa shape index (κ3) is 4.93. The van der Waals surface area contributed by atoms with Crippen LogP contribution in [0.3, 0.4) is 0 Å². The molecule has 7 nitrogen and oxygen atoms in total. The van der Waals surface area contributed by atoms with Gasteiger partial charge in [0.05, 0.1) is 20.3 Å². The minimum Gasteiger partial charge on any atom is -0.493 e. The molecule has 2 aromatic carbocycles. The second-order valence-corrected chi connectivity index (χ2v) is 6.67. The molecule has 0 unspecified atom stereocenters. The monoisotopic (exact) mass is 396 g/mol. The van der Waals surface area contributed by atoms with Crippen molar-refractivity contribution >= 4 is 17.7 Å². The number of rotatable bonds is 8.